The van der Waals surface area contributed by atoms with Crippen LogP contribution in [0.4, 0.5) is 5.69 Å². The van der Waals surface area contributed by atoms with Gasteiger partial charge in [-0.3, -0.25) is 4.68 Å². The van der Waals surface area contributed by atoms with Gasteiger partial charge in [-0.05, 0) is 42.5 Å². The number of anilines is 1. The van der Waals surface area contributed by atoms with Gasteiger partial charge < -0.3 is 5.32 Å². The highest BCUT2D eigenvalue weighted by molar-refractivity contribution is 5.51. The molecule has 0 bridgehead atoms. The molecule has 0 aliphatic heterocycles. The minimum atomic E-state index is 0.734. The van der Waals surface area contributed by atoms with Crippen LogP contribution in [0.5, 0.6) is 0 Å². The molecule has 0 aliphatic rings. The SMILES string of the molecule is CCn1cc(CNc2cccc(-n3nnnc3C)c2)cn1. The zero-order chi connectivity index (χ0) is 14.7. The summed E-state index contributed by atoms with van der Waals surface area (Å²) in [6, 6.07) is 8.00. The molecule has 3 aromatic rings. The number of aromatic nitrogens is 6. The molecule has 0 fully saturated rings. The summed E-state index contributed by atoms with van der Waals surface area (Å²) in [5.74, 6) is 0.761. The van der Waals surface area contributed by atoms with Gasteiger partial charge in [0, 0.05) is 30.5 Å². The van der Waals surface area contributed by atoms with Crippen LogP contribution in [0.25, 0.3) is 5.69 Å². The first-order chi connectivity index (χ1) is 10.3. The molecule has 0 amide bonds. The van der Waals surface area contributed by atoms with Gasteiger partial charge in [0.25, 0.3) is 0 Å². The Balaban J connectivity index is 1.73. The molecular weight excluding hydrogens is 266 g/mol. The maximum Gasteiger partial charge on any atom is 0.153 e. The van der Waals surface area contributed by atoms with E-state index in [9.17, 15) is 0 Å². The van der Waals surface area contributed by atoms with Crippen LogP contribution in [-0.4, -0.2) is 30.0 Å². The van der Waals surface area contributed by atoms with E-state index in [1.807, 2.05) is 48.3 Å². The van der Waals surface area contributed by atoms with Crippen molar-refractivity contribution in [2.75, 3.05) is 5.32 Å². The maximum atomic E-state index is 4.26. The zero-order valence-corrected chi connectivity index (χ0v) is 12.1. The Kier molecular flexibility index (Phi) is 3.63. The van der Waals surface area contributed by atoms with Crippen LogP contribution in [0, 0.1) is 6.92 Å². The second-order valence-electron chi connectivity index (χ2n) is 4.75. The lowest BCUT2D eigenvalue weighted by Gasteiger charge is -2.07. The Hall–Kier alpha value is -2.70. The molecule has 0 unspecified atom stereocenters. The number of nitrogens with one attached hydrogen (secondary N) is 1. The Labute approximate surface area is 122 Å². The third-order valence-corrected chi connectivity index (χ3v) is 3.22. The summed E-state index contributed by atoms with van der Waals surface area (Å²) >= 11 is 0. The Morgan fingerprint density at radius 3 is 2.90 bits per heavy atom. The van der Waals surface area contributed by atoms with Crippen LogP contribution in [-0.2, 0) is 13.1 Å². The summed E-state index contributed by atoms with van der Waals surface area (Å²) in [7, 11) is 0. The largest absolute Gasteiger partial charge is 0.381 e. The van der Waals surface area contributed by atoms with E-state index < -0.39 is 0 Å². The molecular formula is C14H17N7. The predicted molar refractivity (Wildman–Crippen MR) is 79.1 cm³/mol. The van der Waals surface area contributed by atoms with Gasteiger partial charge in [0.15, 0.2) is 5.82 Å². The molecule has 3 rings (SSSR count). The standard InChI is InChI=1S/C14H17N7/c1-3-20-10-12(9-16-20)8-15-13-5-4-6-14(7-13)21-11(2)17-18-19-21/h4-7,9-10,15H,3,8H2,1-2H3. The van der Waals surface area contributed by atoms with E-state index in [1.54, 1.807) is 4.68 Å². The summed E-state index contributed by atoms with van der Waals surface area (Å²) in [5, 5.41) is 19.2. The van der Waals surface area contributed by atoms with Crippen molar-refractivity contribution in [2.24, 2.45) is 0 Å². The van der Waals surface area contributed by atoms with E-state index in [1.165, 1.54) is 0 Å². The van der Waals surface area contributed by atoms with Gasteiger partial charge in [0.1, 0.15) is 0 Å². The van der Waals surface area contributed by atoms with E-state index in [4.69, 9.17) is 0 Å². The second kappa shape index (κ2) is 5.74. The lowest BCUT2D eigenvalue weighted by atomic mass is 10.2. The van der Waals surface area contributed by atoms with Crippen LogP contribution >= 0.6 is 0 Å². The molecule has 7 heteroatoms. The second-order valence-corrected chi connectivity index (χ2v) is 4.75. The molecule has 1 aromatic carbocycles. The van der Waals surface area contributed by atoms with Gasteiger partial charge >= 0.3 is 0 Å². The zero-order valence-electron chi connectivity index (χ0n) is 12.1. The highest BCUT2D eigenvalue weighted by Gasteiger charge is 2.04. The van der Waals surface area contributed by atoms with Gasteiger partial charge in [0.05, 0.1) is 11.9 Å². The number of tetrazole rings is 1. The first-order valence-electron chi connectivity index (χ1n) is 6.87. The fourth-order valence-corrected chi connectivity index (χ4v) is 2.09. The molecule has 0 saturated heterocycles. The fourth-order valence-electron chi connectivity index (χ4n) is 2.09. The quantitative estimate of drug-likeness (QED) is 0.773. The molecule has 1 N–H and O–H groups in total. The van der Waals surface area contributed by atoms with Gasteiger partial charge in [-0.1, -0.05) is 6.07 Å². The van der Waals surface area contributed by atoms with Crippen LogP contribution in [0.15, 0.2) is 36.7 Å². The van der Waals surface area contributed by atoms with Crippen LogP contribution in [0.1, 0.15) is 18.3 Å². The van der Waals surface area contributed by atoms with Crippen molar-refractivity contribution >= 4 is 5.69 Å². The number of aryl methyl sites for hydroxylation is 2. The Morgan fingerprint density at radius 2 is 2.19 bits per heavy atom. The maximum absolute atomic E-state index is 4.26. The van der Waals surface area contributed by atoms with Gasteiger partial charge in [0.2, 0.25) is 0 Å². The van der Waals surface area contributed by atoms with Crippen molar-refractivity contribution in [3.8, 4) is 5.69 Å². The van der Waals surface area contributed by atoms with Gasteiger partial charge in [-0.15, -0.1) is 5.10 Å². The molecule has 0 atom stereocenters. The number of benzene rings is 1. The normalized spacial score (nSPS) is 10.8. The highest BCUT2D eigenvalue weighted by atomic mass is 15.5. The first-order valence-corrected chi connectivity index (χ1v) is 6.87. The average Bonchev–Trinajstić information content (AvgIpc) is 3.14. The lowest BCUT2D eigenvalue weighted by Crippen LogP contribution is -2.02. The van der Waals surface area contributed by atoms with E-state index >= 15 is 0 Å². The molecule has 0 spiro atoms. The summed E-state index contributed by atoms with van der Waals surface area (Å²) in [6.07, 6.45) is 3.92. The van der Waals surface area contributed by atoms with Crippen molar-refractivity contribution in [2.45, 2.75) is 26.9 Å². The average molecular weight is 283 g/mol. The molecule has 108 valence electrons. The third-order valence-electron chi connectivity index (χ3n) is 3.22. The van der Waals surface area contributed by atoms with Crippen molar-refractivity contribution in [3.05, 3.63) is 48.0 Å². The molecule has 0 saturated carbocycles. The Bertz CT molecular complexity index is 728. The van der Waals surface area contributed by atoms with Crippen LogP contribution in [0.2, 0.25) is 0 Å². The van der Waals surface area contributed by atoms with Crippen molar-refractivity contribution in [1.82, 2.24) is 30.0 Å². The summed E-state index contributed by atoms with van der Waals surface area (Å²) in [5.41, 5.74) is 3.11. The smallest absolute Gasteiger partial charge is 0.153 e. The first kappa shape index (κ1) is 13.3. The van der Waals surface area contributed by atoms with Crippen LogP contribution < -0.4 is 5.32 Å². The van der Waals surface area contributed by atoms with Gasteiger partial charge in [-0.2, -0.15) is 9.78 Å². The highest BCUT2D eigenvalue weighted by Crippen LogP contribution is 2.15. The summed E-state index contributed by atoms with van der Waals surface area (Å²) < 4.78 is 3.62. The topological polar surface area (TPSA) is 73.5 Å². The summed E-state index contributed by atoms with van der Waals surface area (Å²) in [6.45, 7) is 5.56. The minimum Gasteiger partial charge on any atom is -0.381 e. The van der Waals surface area contributed by atoms with E-state index in [2.05, 4.69) is 32.9 Å². The number of hydrogen-bond donors (Lipinski definition) is 1. The molecule has 21 heavy (non-hydrogen) atoms. The molecule has 7 nitrogen and oxygen atoms in total. The Morgan fingerprint density at radius 1 is 1.29 bits per heavy atom. The van der Waals surface area contributed by atoms with Crippen molar-refractivity contribution in [1.29, 1.82) is 0 Å². The monoisotopic (exact) mass is 283 g/mol. The predicted octanol–water partition coefficient (Wildman–Crippen LogP) is 1.80. The molecule has 0 radical (unpaired) electrons. The summed E-state index contributed by atoms with van der Waals surface area (Å²) in [4.78, 5) is 0. The van der Waals surface area contributed by atoms with E-state index in [0.717, 1.165) is 35.9 Å². The van der Waals surface area contributed by atoms with E-state index in [0.29, 0.717) is 0 Å². The van der Waals surface area contributed by atoms with Gasteiger partial charge in [-0.25, -0.2) is 0 Å². The number of hydrogen-bond acceptors (Lipinski definition) is 5. The minimum absolute atomic E-state index is 0.734. The molecule has 0 aliphatic carbocycles. The number of rotatable bonds is 5. The van der Waals surface area contributed by atoms with E-state index in [-0.39, 0.29) is 0 Å². The van der Waals surface area contributed by atoms with Crippen LogP contribution in [0.3, 0.4) is 0 Å². The molecule has 2 heterocycles. The van der Waals surface area contributed by atoms with Crippen molar-refractivity contribution < 1.29 is 0 Å². The fraction of sp³-hybridized carbons (Fsp3) is 0.286. The van der Waals surface area contributed by atoms with Crippen molar-refractivity contribution in [3.63, 3.8) is 0 Å². The molecule has 2 aromatic heterocycles. The number of nitrogens with zero attached hydrogens (tertiary/aromatic N) is 6. The lowest BCUT2D eigenvalue weighted by molar-refractivity contribution is 0.659. The third kappa shape index (κ3) is 2.91.